The summed E-state index contributed by atoms with van der Waals surface area (Å²) in [6.45, 7) is 2.99. The molecule has 2 saturated heterocycles. The number of ether oxygens (including phenoxy) is 2. The van der Waals surface area contributed by atoms with Crippen molar-refractivity contribution in [2.24, 2.45) is 5.92 Å². The molecule has 2 atom stereocenters. The maximum Gasteiger partial charge on any atom is 0.254 e. The zero-order valence-corrected chi connectivity index (χ0v) is 14.4. The van der Waals surface area contributed by atoms with Crippen LogP contribution in [0.25, 0.3) is 10.9 Å². The van der Waals surface area contributed by atoms with Crippen molar-refractivity contribution in [1.29, 1.82) is 0 Å². The van der Waals surface area contributed by atoms with Crippen molar-refractivity contribution in [2.45, 2.75) is 37.4 Å². The molecule has 0 radical (unpaired) electrons. The van der Waals surface area contributed by atoms with Gasteiger partial charge in [-0.25, -0.2) is 0 Å². The van der Waals surface area contributed by atoms with Crippen LogP contribution in [0.15, 0.2) is 30.5 Å². The monoisotopic (exact) mass is 340 g/mol. The topological polar surface area (TPSA) is 54.6 Å². The van der Waals surface area contributed by atoms with Gasteiger partial charge in [-0.3, -0.25) is 4.79 Å². The highest BCUT2D eigenvalue weighted by Crippen LogP contribution is 2.38. The molecule has 0 bridgehead atoms. The second-order valence-corrected chi connectivity index (χ2v) is 7.85. The SMILES string of the molecule is O=C(c1ccc2cc[nH]c2c1)N1CCC2(CC(OCC3CC3)CO2)C1. The first-order valence-corrected chi connectivity index (χ1v) is 9.33. The summed E-state index contributed by atoms with van der Waals surface area (Å²) in [5.74, 6) is 0.875. The van der Waals surface area contributed by atoms with Crippen LogP contribution < -0.4 is 0 Å². The zero-order valence-electron chi connectivity index (χ0n) is 14.4. The molecular formula is C20H24N2O3. The standard InChI is InChI=1S/C20H24N2O3/c23-19(16-4-3-15-5-7-21-18(15)9-16)22-8-6-20(13-22)10-17(12-25-20)24-11-14-1-2-14/h3-5,7,9,14,17,21H,1-2,6,8,10-13H2. The second-order valence-electron chi connectivity index (χ2n) is 7.85. The summed E-state index contributed by atoms with van der Waals surface area (Å²) in [4.78, 5) is 18.0. The number of H-pyrrole nitrogens is 1. The maximum atomic E-state index is 12.9. The van der Waals surface area contributed by atoms with Gasteiger partial charge < -0.3 is 19.4 Å². The van der Waals surface area contributed by atoms with Crippen molar-refractivity contribution >= 4 is 16.8 Å². The van der Waals surface area contributed by atoms with Gasteiger partial charge >= 0.3 is 0 Å². The van der Waals surface area contributed by atoms with Gasteiger partial charge in [-0.15, -0.1) is 0 Å². The molecule has 5 heteroatoms. The van der Waals surface area contributed by atoms with Crippen LogP contribution >= 0.6 is 0 Å². The summed E-state index contributed by atoms with van der Waals surface area (Å²) in [7, 11) is 0. The van der Waals surface area contributed by atoms with E-state index in [2.05, 4.69) is 4.98 Å². The van der Waals surface area contributed by atoms with E-state index in [1.54, 1.807) is 0 Å². The summed E-state index contributed by atoms with van der Waals surface area (Å²) in [6.07, 6.45) is 6.55. The van der Waals surface area contributed by atoms with Crippen LogP contribution in [0, 0.1) is 5.92 Å². The lowest BCUT2D eigenvalue weighted by atomic mass is 9.98. The van der Waals surface area contributed by atoms with Crippen molar-refractivity contribution in [3.8, 4) is 0 Å². The van der Waals surface area contributed by atoms with Gasteiger partial charge in [-0.05, 0) is 48.8 Å². The van der Waals surface area contributed by atoms with Crippen LogP contribution in [0.5, 0.6) is 0 Å². The van der Waals surface area contributed by atoms with Crippen molar-refractivity contribution in [1.82, 2.24) is 9.88 Å². The van der Waals surface area contributed by atoms with Crippen LogP contribution in [-0.4, -0.2) is 53.8 Å². The first-order chi connectivity index (χ1) is 12.2. The fraction of sp³-hybridized carbons (Fsp3) is 0.550. The van der Waals surface area contributed by atoms with Gasteiger partial charge in [0.25, 0.3) is 5.91 Å². The third-order valence-electron chi connectivity index (χ3n) is 5.85. The van der Waals surface area contributed by atoms with Crippen LogP contribution in [0.3, 0.4) is 0 Å². The number of nitrogens with zero attached hydrogens (tertiary/aromatic N) is 1. The summed E-state index contributed by atoms with van der Waals surface area (Å²) < 4.78 is 12.1. The summed E-state index contributed by atoms with van der Waals surface area (Å²) in [5, 5.41) is 1.13. The largest absolute Gasteiger partial charge is 0.375 e. The lowest BCUT2D eigenvalue weighted by Crippen LogP contribution is -2.36. The molecule has 3 fully saturated rings. The number of rotatable bonds is 4. The van der Waals surface area contributed by atoms with Crippen LogP contribution in [0.4, 0.5) is 0 Å². The summed E-state index contributed by atoms with van der Waals surface area (Å²) in [5.41, 5.74) is 1.55. The number of carbonyl (C=O) groups is 1. The molecule has 1 aliphatic carbocycles. The van der Waals surface area contributed by atoms with E-state index in [1.165, 1.54) is 12.8 Å². The van der Waals surface area contributed by atoms with Crippen molar-refractivity contribution < 1.29 is 14.3 Å². The predicted molar refractivity (Wildman–Crippen MR) is 94.6 cm³/mol. The number of hydrogen-bond donors (Lipinski definition) is 1. The number of aromatic amines is 1. The third-order valence-corrected chi connectivity index (χ3v) is 5.85. The first kappa shape index (κ1) is 15.4. The van der Waals surface area contributed by atoms with E-state index in [1.807, 2.05) is 35.4 Å². The fourth-order valence-corrected chi connectivity index (χ4v) is 4.13. The molecule has 1 saturated carbocycles. The Kier molecular flexibility index (Phi) is 3.61. The number of hydrogen-bond acceptors (Lipinski definition) is 3. The Morgan fingerprint density at radius 2 is 2.28 bits per heavy atom. The van der Waals surface area contributed by atoms with Crippen molar-refractivity contribution in [3.63, 3.8) is 0 Å². The molecular weight excluding hydrogens is 316 g/mol. The number of carbonyl (C=O) groups excluding carboxylic acids is 1. The average Bonchev–Trinajstić information content (AvgIpc) is 3.04. The molecule has 1 N–H and O–H groups in total. The molecule has 1 aromatic heterocycles. The van der Waals surface area contributed by atoms with Crippen molar-refractivity contribution in [3.05, 3.63) is 36.0 Å². The van der Waals surface area contributed by atoms with Crippen LogP contribution in [0.1, 0.15) is 36.0 Å². The molecule has 2 aromatic rings. The molecule has 132 valence electrons. The molecule has 3 heterocycles. The third kappa shape index (κ3) is 2.96. The number of benzene rings is 1. The molecule has 3 aliphatic rings. The lowest BCUT2D eigenvalue weighted by Gasteiger charge is -2.23. The first-order valence-electron chi connectivity index (χ1n) is 9.33. The fourth-order valence-electron chi connectivity index (χ4n) is 4.13. The Bertz CT molecular complexity index is 797. The number of fused-ring (bicyclic) bond motifs is 1. The molecule has 1 amide bonds. The van der Waals surface area contributed by atoms with Crippen LogP contribution in [-0.2, 0) is 9.47 Å². The Labute approximate surface area is 147 Å². The summed E-state index contributed by atoms with van der Waals surface area (Å²) in [6, 6.07) is 7.88. The Morgan fingerprint density at radius 1 is 1.36 bits per heavy atom. The number of amides is 1. The highest BCUT2D eigenvalue weighted by molar-refractivity contribution is 5.98. The molecule has 5 nitrogen and oxygen atoms in total. The number of likely N-dealkylation sites (tertiary alicyclic amines) is 1. The highest BCUT2D eigenvalue weighted by atomic mass is 16.6. The van der Waals surface area contributed by atoms with E-state index in [4.69, 9.17) is 9.47 Å². The minimum absolute atomic E-state index is 0.0966. The Morgan fingerprint density at radius 3 is 3.16 bits per heavy atom. The molecule has 5 rings (SSSR count). The van der Waals surface area contributed by atoms with E-state index < -0.39 is 0 Å². The Hall–Kier alpha value is -1.85. The van der Waals surface area contributed by atoms with Gasteiger partial charge in [0.2, 0.25) is 0 Å². The van der Waals surface area contributed by atoms with E-state index in [0.717, 1.165) is 48.4 Å². The zero-order chi connectivity index (χ0) is 16.9. The molecule has 2 aliphatic heterocycles. The van der Waals surface area contributed by atoms with Gasteiger partial charge in [0.05, 0.1) is 24.9 Å². The van der Waals surface area contributed by atoms with Gasteiger partial charge in [-0.2, -0.15) is 0 Å². The minimum atomic E-state index is -0.194. The van der Waals surface area contributed by atoms with E-state index in [-0.39, 0.29) is 17.6 Å². The van der Waals surface area contributed by atoms with E-state index in [0.29, 0.717) is 13.2 Å². The van der Waals surface area contributed by atoms with E-state index >= 15 is 0 Å². The number of aromatic nitrogens is 1. The van der Waals surface area contributed by atoms with Crippen LogP contribution in [0.2, 0.25) is 0 Å². The van der Waals surface area contributed by atoms with Crippen molar-refractivity contribution in [2.75, 3.05) is 26.3 Å². The average molecular weight is 340 g/mol. The van der Waals surface area contributed by atoms with Gasteiger partial charge in [-0.1, -0.05) is 6.07 Å². The molecule has 2 unspecified atom stereocenters. The highest BCUT2D eigenvalue weighted by Gasteiger charge is 2.47. The predicted octanol–water partition coefficient (Wildman–Crippen LogP) is 2.97. The van der Waals surface area contributed by atoms with Gasteiger partial charge in [0.15, 0.2) is 0 Å². The minimum Gasteiger partial charge on any atom is -0.375 e. The number of nitrogens with one attached hydrogen (secondary N) is 1. The van der Waals surface area contributed by atoms with Gasteiger partial charge in [0, 0.05) is 36.8 Å². The Balaban J connectivity index is 1.24. The lowest BCUT2D eigenvalue weighted by molar-refractivity contribution is 0.00157. The molecule has 25 heavy (non-hydrogen) atoms. The maximum absolute atomic E-state index is 12.9. The smallest absolute Gasteiger partial charge is 0.254 e. The molecule has 1 spiro atoms. The van der Waals surface area contributed by atoms with Gasteiger partial charge in [0.1, 0.15) is 0 Å². The normalized spacial score (nSPS) is 29.1. The molecule has 1 aromatic carbocycles. The van der Waals surface area contributed by atoms with E-state index in [9.17, 15) is 4.79 Å². The quantitative estimate of drug-likeness (QED) is 0.931. The second kappa shape index (κ2) is 5.85. The summed E-state index contributed by atoms with van der Waals surface area (Å²) >= 11 is 0.